The fourth-order valence-corrected chi connectivity index (χ4v) is 5.61. The molecule has 2 aromatic carbocycles. The first-order valence-electron chi connectivity index (χ1n) is 13.7. The summed E-state index contributed by atoms with van der Waals surface area (Å²) in [6.07, 6.45) is 13.7. The molecule has 2 nitrogen and oxygen atoms in total. The number of rotatable bonds is 12. The molecule has 34 heavy (non-hydrogen) atoms. The molecule has 3 aromatic rings. The number of hydrogen-bond donors (Lipinski definition) is 0. The van der Waals surface area contributed by atoms with Gasteiger partial charge in [-0.1, -0.05) is 79.4 Å². The lowest BCUT2D eigenvalue weighted by Crippen LogP contribution is -1.94. The molecule has 190 valence electrons. The molecule has 0 atom stereocenters. The van der Waals surface area contributed by atoms with E-state index in [2.05, 4.69) is 52.0 Å². The van der Waals surface area contributed by atoms with Crippen LogP contribution in [0.15, 0.2) is 32.7 Å². The van der Waals surface area contributed by atoms with E-state index >= 15 is 0 Å². The minimum Gasteiger partial charge on any atom is -0.408 e. The zero-order valence-corrected chi connectivity index (χ0v) is 24.1. The molecule has 0 radical (unpaired) electrons. The Labute approximate surface area is 213 Å². The van der Waals surface area contributed by atoms with Crippen molar-refractivity contribution in [2.45, 2.75) is 119 Å². The minimum absolute atomic E-state index is 0.952. The summed E-state index contributed by atoms with van der Waals surface area (Å²) < 4.78 is 12.6. The Morgan fingerprint density at radius 1 is 0.588 bits per heavy atom. The molecule has 0 amide bonds. The zero-order chi connectivity index (χ0) is 24.9. The average molecular weight is 505 g/mol. The molecule has 3 rings (SSSR count). The van der Waals surface area contributed by atoms with E-state index in [1.807, 2.05) is 13.8 Å². The van der Waals surface area contributed by atoms with Crippen LogP contribution in [0.5, 0.6) is 0 Å². The molecule has 0 fully saturated rings. The highest BCUT2D eigenvalue weighted by Crippen LogP contribution is 2.42. The lowest BCUT2D eigenvalue weighted by Gasteiger charge is -2.11. The first-order valence-corrected chi connectivity index (χ1v) is 15.8. The third-order valence-electron chi connectivity index (χ3n) is 6.30. The van der Waals surface area contributed by atoms with Gasteiger partial charge in [0.15, 0.2) is 0 Å². The molecule has 0 saturated heterocycles. The molecule has 0 aliphatic carbocycles. The average Bonchev–Trinajstić information content (AvgIpc) is 3.00. The van der Waals surface area contributed by atoms with Crippen molar-refractivity contribution in [3.8, 4) is 0 Å². The highest BCUT2D eigenvalue weighted by molar-refractivity contribution is 7.68. The lowest BCUT2D eigenvalue weighted by molar-refractivity contribution is 0.646. The Morgan fingerprint density at radius 3 is 1.29 bits per heavy atom. The Balaban J connectivity index is 0.00000199. The van der Waals surface area contributed by atoms with E-state index in [9.17, 15) is 0 Å². The Bertz CT molecular complexity index is 973. The van der Waals surface area contributed by atoms with Gasteiger partial charge in [-0.15, -0.1) is 0 Å². The largest absolute Gasteiger partial charge is 0.408 e. The van der Waals surface area contributed by atoms with Crippen LogP contribution < -0.4 is 0 Å². The molecule has 4 heteroatoms. The molecular formula is C30H46ClO2P. The van der Waals surface area contributed by atoms with Gasteiger partial charge in [-0.2, -0.15) is 0 Å². The molecule has 0 aliphatic rings. The first-order chi connectivity index (χ1) is 16.6. The topological polar surface area (TPSA) is 26.3 Å². The molecule has 0 aliphatic heterocycles. The molecule has 0 unspecified atom stereocenters. The number of fused-ring (bicyclic) bond motifs is 3. The van der Waals surface area contributed by atoms with Crippen molar-refractivity contribution in [2.75, 3.05) is 0 Å². The van der Waals surface area contributed by atoms with Gasteiger partial charge >= 0.3 is 7.37 Å². The second-order valence-electron chi connectivity index (χ2n) is 9.07. The Hall–Kier alpha value is -1.37. The number of unbranched alkanes of at least 4 members (excludes halogenated alkanes) is 4. The summed E-state index contributed by atoms with van der Waals surface area (Å²) in [7, 11) is -1.52. The predicted octanol–water partition coefficient (Wildman–Crippen LogP) is 11.7. The maximum Gasteiger partial charge on any atom is 0.327 e. The first kappa shape index (κ1) is 28.9. The van der Waals surface area contributed by atoms with Crippen molar-refractivity contribution in [1.82, 2.24) is 0 Å². The normalized spacial score (nSPS) is 11.0. The minimum atomic E-state index is -1.52. The van der Waals surface area contributed by atoms with Crippen LogP contribution in [0.1, 0.15) is 115 Å². The highest BCUT2D eigenvalue weighted by atomic mass is 35.7. The number of halogens is 1. The van der Waals surface area contributed by atoms with Crippen molar-refractivity contribution < 1.29 is 8.39 Å². The Morgan fingerprint density at radius 2 is 0.941 bits per heavy atom. The van der Waals surface area contributed by atoms with Crippen LogP contribution in [0.25, 0.3) is 21.9 Å². The van der Waals surface area contributed by atoms with E-state index in [-0.39, 0.29) is 0 Å². The van der Waals surface area contributed by atoms with Crippen LogP contribution in [0.4, 0.5) is 0 Å². The van der Waals surface area contributed by atoms with Gasteiger partial charge in [0.05, 0.1) is 0 Å². The van der Waals surface area contributed by atoms with E-state index in [0.717, 1.165) is 49.7 Å². The number of benzene rings is 2. The van der Waals surface area contributed by atoms with E-state index in [1.165, 1.54) is 71.6 Å². The summed E-state index contributed by atoms with van der Waals surface area (Å²) in [4.78, 5) is 0. The molecular weight excluding hydrogens is 459 g/mol. The second-order valence-corrected chi connectivity index (χ2v) is 10.7. The van der Waals surface area contributed by atoms with Crippen LogP contribution in [0.3, 0.4) is 0 Å². The van der Waals surface area contributed by atoms with E-state index in [1.54, 1.807) is 0 Å². The van der Waals surface area contributed by atoms with E-state index in [4.69, 9.17) is 19.6 Å². The number of hydrogen-bond acceptors (Lipinski definition) is 2. The fraction of sp³-hybridized carbons (Fsp3) is 0.600. The predicted molar refractivity (Wildman–Crippen MR) is 153 cm³/mol. The monoisotopic (exact) mass is 504 g/mol. The van der Waals surface area contributed by atoms with Gasteiger partial charge in [0.1, 0.15) is 11.2 Å². The smallest absolute Gasteiger partial charge is 0.327 e. The van der Waals surface area contributed by atoms with Crippen LogP contribution in [0.2, 0.25) is 0 Å². The molecule has 0 spiro atoms. The highest BCUT2D eigenvalue weighted by Gasteiger charge is 2.15. The summed E-state index contributed by atoms with van der Waals surface area (Å²) in [6.45, 7) is 13.0. The van der Waals surface area contributed by atoms with Crippen molar-refractivity contribution in [3.63, 3.8) is 0 Å². The standard InChI is InChI=1S/C28H40ClO2P.C2H6/c1-5-9-13-21-17-23(15-11-7-3)27-25(19-21)26-20-22(14-10-6-2)18-24(16-12-8-4)28(26)31-32(29)30-27;1-2/h17-20H,5-16H2,1-4H3;1-2H3. The maximum atomic E-state index is 6.66. The molecule has 0 saturated carbocycles. The van der Waals surface area contributed by atoms with Crippen molar-refractivity contribution in [3.05, 3.63) is 46.5 Å². The van der Waals surface area contributed by atoms with Gasteiger partial charge in [0.2, 0.25) is 0 Å². The SMILES string of the molecule is CC.CCCCc1cc(CCCC)c2op(Cl)oc3c(CCCC)cc(CCCC)cc3c2c1. The fourth-order valence-electron chi connectivity index (χ4n) is 4.44. The summed E-state index contributed by atoms with van der Waals surface area (Å²) in [5.41, 5.74) is 7.28. The van der Waals surface area contributed by atoms with E-state index in [0.29, 0.717) is 0 Å². The molecule has 0 N–H and O–H groups in total. The van der Waals surface area contributed by atoms with Crippen LogP contribution in [-0.2, 0) is 25.7 Å². The van der Waals surface area contributed by atoms with Gasteiger partial charge < -0.3 is 8.39 Å². The quantitative estimate of drug-likeness (QED) is 0.245. The van der Waals surface area contributed by atoms with Crippen molar-refractivity contribution >= 4 is 40.5 Å². The zero-order valence-electron chi connectivity index (χ0n) is 22.4. The van der Waals surface area contributed by atoms with Gasteiger partial charge in [-0.05, 0) is 85.8 Å². The van der Waals surface area contributed by atoms with Crippen molar-refractivity contribution in [1.29, 1.82) is 0 Å². The molecule has 0 bridgehead atoms. The maximum absolute atomic E-state index is 6.66. The lowest BCUT2D eigenvalue weighted by atomic mass is 9.94. The summed E-state index contributed by atoms with van der Waals surface area (Å²) in [5.74, 6) is 0. The van der Waals surface area contributed by atoms with Gasteiger partial charge in [0, 0.05) is 22.0 Å². The third-order valence-corrected chi connectivity index (χ3v) is 7.37. The second kappa shape index (κ2) is 15.6. The van der Waals surface area contributed by atoms with E-state index < -0.39 is 7.37 Å². The Kier molecular flexibility index (Phi) is 13.2. The van der Waals surface area contributed by atoms with Crippen molar-refractivity contribution in [2.24, 2.45) is 0 Å². The number of aryl methyl sites for hydroxylation is 4. The van der Waals surface area contributed by atoms with Gasteiger partial charge in [-0.3, -0.25) is 0 Å². The molecule has 1 heterocycles. The summed E-state index contributed by atoms with van der Waals surface area (Å²) in [5, 5.41) is 2.36. The van der Waals surface area contributed by atoms with Crippen LogP contribution in [-0.4, -0.2) is 0 Å². The van der Waals surface area contributed by atoms with Gasteiger partial charge in [0.25, 0.3) is 0 Å². The summed E-state index contributed by atoms with van der Waals surface area (Å²) in [6, 6.07) is 9.41. The van der Waals surface area contributed by atoms with Crippen LogP contribution in [0, 0.1) is 0 Å². The molecule has 1 aromatic heterocycles. The third kappa shape index (κ3) is 7.82. The van der Waals surface area contributed by atoms with Crippen LogP contribution >= 0.6 is 18.6 Å². The summed E-state index contributed by atoms with van der Waals surface area (Å²) >= 11 is 6.66. The van der Waals surface area contributed by atoms with Gasteiger partial charge in [-0.25, -0.2) is 0 Å².